The molecule has 0 bridgehead atoms. The zero-order valence-corrected chi connectivity index (χ0v) is 9.71. The van der Waals surface area contributed by atoms with E-state index >= 15 is 0 Å². The molecule has 1 rings (SSSR count). The minimum Gasteiger partial charge on any atom is -0.391 e. The highest BCUT2D eigenvalue weighted by atomic mass is 16.3. The highest BCUT2D eigenvalue weighted by Gasteiger charge is 2.27. The van der Waals surface area contributed by atoms with Gasteiger partial charge in [-0.2, -0.15) is 0 Å². The van der Waals surface area contributed by atoms with Crippen LogP contribution in [0.5, 0.6) is 0 Å². The first-order chi connectivity index (χ1) is 6.79. The second kappa shape index (κ2) is 6.41. The average molecular weight is 199 g/mol. The second-order valence-corrected chi connectivity index (χ2v) is 4.46. The lowest BCUT2D eigenvalue weighted by atomic mass is 9.91. The highest BCUT2D eigenvalue weighted by molar-refractivity contribution is 4.82. The fraction of sp³-hybridized carbons (Fsp3) is 1.00. The van der Waals surface area contributed by atoms with Gasteiger partial charge in [0.1, 0.15) is 0 Å². The van der Waals surface area contributed by atoms with Gasteiger partial charge < -0.3 is 5.11 Å². The predicted molar refractivity (Wildman–Crippen MR) is 60.4 cm³/mol. The Labute approximate surface area is 88.3 Å². The summed E-state index contributed by atoms with van der Waals surface area (Å²) in [7, 11) is 0. The molecule has 0 amide bonds. The number of aliphatic hydroxyl groups excluding tert-OH is 1. The molecule has 0 aromatic rings. The van der Waals surface area contributed by atoms with Crippen molar-refractivity contribution in [2.75, 3.05) is 13.1 Å². The van der Waals surface area contributed by atoms with Crippen molar-refractivity contribution in [1.29, 1.82) is 0 Å². The zero-order valence-electron chi connectivity index (χ0n) is 9.71. The number of nitrogens with zero attached hydrogens (tertiary/aromatic N) is 1. The summed E-state index contributed by atoms with van der Waals surface area (Å²) in [6, 6.07) is 0.448. The molecule has 1 fully saturated rings. The van der Waals surface area contributed by atoms with Gasteiger partial charge in [-0.15, -0.1) is 0 Å². The molecule has 0 spiro atoms. The van der Waals surface area contributed by atoms with E-state index in [4.69, 9.17) is 0 Å². The van der Waals surface area contributed by atoms with Crippen LogP contribution in [-0.2, 0) is 0 Å². The Kier molecular flexibility index (Phi) is 5.49. The van der Waals surface area contributed by atoms with Crippen LogP contribution in [0.3, 0.4) is 0 Å². The second-order valence-electron chi connectivity index (χ2n) is 4.46. The van der Waals surface area contributed by atoms with Gasteiger partial charge in [-0.05, 0) is 38.8 Å². The van der Waals surface area contributed by atoms with E-state index in [9.17, 15) is 5.11 Å². The van der Waals surface area contributed by atoms with Crippen LogP contribution in [0.1, 0.15) is 52.4 Å². The first-order valence-corrected chi connectivity index (χ1v) is 6.21. The van der Waals surface area contributed by atoms with Crippen molar-refractivity contribution in [2.45, 2.75) is 64.5 Å². The van der Waals surface area contributed by atoms with Crippen molar-refractivity contribution in [2.24, 2.45) is 0 Å². The van der Waals surface area contributed by atoms with E-state index in [0.717, 1.165) is 19.5 Å². The topological polar surface area (TPSA) is 23.5 Å². The molecule has 2 heteroatoms. The number of rotatable bonds is 5. The quantitative estimate of drug-likeness (QED) is 0.735. The molecule has 2 atom stereocenters. The molecule has 1 aliphatic carbocycles. The summed E-state index contributed by atoms with van der Waals surface area (Å²) in [6.07, 6.45) is 7.04. The maximum absolute atomic E-state index is 9.95. The Morgan fingerprint density at radius 2 is 1.64 bits per heavy atom. The zero-order chi connectivity index (χ0) is 10.4. The molecular weight excluding hydrogens is 174 g/mol. The minimum atomic E-state index is -0.0677. The van der Waals surface area contributed by atoms with Crippen LogP contribution in [0.25, 0.3) is 0 Å². The molecule has 84 valence electrons. The Bertz CT molecular complexity index is 143. The van der Waals surface area contributed by atoms with Crippen molar-refractivity contribution < 1.29 is 5.11 Å². The molecule has 0 heterocycles. The van der Waals surface area contributed by atoms with Gasteiger partial charge >= 0.3 is 0 Å². The van der Waals surface area contributed by atoms with Gasteiger partial charge in [-0.25, -0.2) is 0 Å². The first kappa shape index (κ1) is 12.0. The van der Waals surface area contributed by atoms with E-state index < -0.39 is 0 Å². The van der Waals surface area contributed by atoms with E-state index in [-0.39, 0.29) is 6.10 Å². The molecular formula is C12H25NO. The predicted octanol–water partition coefficient (Wildman–Crippen LogP) is 2.41. The van der Waals surface area contributed by atoms with Gasteiger partial charge in [0, 0.05) is 6.04 Å². The normalized spacial score (nSPS) is 28.3. The average Bonchev–Trinajstić information content (AvgIpc) is 2.18. The maximum Gasteiger partial charge on any atom is 0.0695 e. The van der Waals surface area contributed by atoms with Crippen LogP contribution in [0.15, 0.2) is 0 Å². The smallest absolute Gasteiger partial charge is 0.0695 e. The minimum absolute atomic E-state index is 0.0677. The Morgan fingerprint density at radius 1 is 1.07 bits per heavy atom. The lowest BCUT2D eigenvalue weighted by Crippen LogP contribution is -2.46. The number of aliphatic hydroxyl groups is 1. The van der Waals surface area contributed by atoms with Gasteiger partial charge in [0.15, 0.2) is 0 Å². The van der Waals surface area contributed by atoms with E-state index in [2.05, 4.69) is 18.7 Å². The van der Waals surface area contributed by atoms with E-state index in [1.165, 1.54) is 32.1 Å². The van der Waals surface area contributed by atoms with Crippen LogP contribution < -0.4 is 0 Å². The molecule has 2 nitrogen and oxygen atoms in total. The summed E-state index contributed by atoms with van der Waals surface area (Å²) in [5, 5.41) is 9.95. The monoisotopic (exact) mass is 199 g/mol. The summed E-state index contributed by atoms with van der Waals surface area (Å²) in [4.78, 5) is 2.49. The molecule has 0 aromatic carbocycles. The maximum atomic E-state index is 9.95. The third-order valence-corrected chi connectivity index (χ3v) is 3.18. The SMILES string of the molecule is CCCN(CCC)C1CCCCC1O. The van der Waals surface area contributed by atoms with Crippen molar-refractivity contribution in [1.82, 2.24) is 4.90 Å². The standard InChI is InChI=1S/C12H25NO/c1-3-9-13(10-4-2)11-7-5-6-8-12(11)14/h11-12,14H,3-10H2,1-2H3. The lowest BCUT2D eigenvalue weighted by Gasteiger charge is -2.37. The molecule has 0 radical (unpaired) electrons. The lowest BCUT2D eigenvalue weighted by molar-refractivity contribution is 0.0197. The Morgan fingerprint density at radius 3 is 2.14 bits per heavy atom. The van der Waals surface area contributed by atoms with Crippen LogP contribution >= 0.6 is 0 Å². The summed E-state index contributed by atoms with van der Waals surface area (Å²) in [5.41, 5.74) is 0. The van der Waals surface area contributed by atoms with Gasteiger partial charge in [-0.1, -0.05) is 26.7 Å². The van der Waals surface area contributed by atoms with E-state index in [1.807, 2.05) is 0 Å². The van der Waals surface area contributed by atoms with Crippen molar-refractivity contribution in [3.63, 3.8) is 0 Å². The summed E-state index contributed by atoms with van der Waals surface area (Å²) in [5.74, 6) is 0. The van der Waals surface area contributed by atoms with Gasteiger partial charge in [0.2, 0.25) is 0 Å². The van der Waals surface area contributed by atoms with Crippen LogP contribution in [-0.4, -0.2) is 35.2 Å². The number of hydrogen-bond donors (Lipinski definition) is 1. The molecule has 1 N–H and O–H groups in total. The molecule has 1 saturated carbocycles. The van der Waals surface area contributed by atoms with E-state index in [1.54, 1.807) is 0 Å². The largest absolute Gasteiger partial charge is 0.391 e. The fourth-order valence-electron chi connectivity index (χ4n) is 2.54. The van der Waals surface area contributed by atoms with E-state index in [0.29, 0.717) is 6.04 Å². The van der Waals surface area contributed by atoms with Crippen molar-refractivity contribution in [3.8, 4) is 0 Å². The summed E-state index contributed by atoms with van der Waals surface area (Å²) < 4.78 is 0. The molecule has 0 saturated heterocycles. The molecule has 0 aliphatic heterocycles. The number of hydrogen-bond acceptors (Lipinski definition) is 2. The fourth-order valence-corrected chi connectivity index (χ4v) is 2.54. The Balaban J connectivity index is 2.46. The summed E-state index contributed by atoms with van der Waals surface area (Å²) in [6.45, 7) is 6.74. The van der Waals surface area contributed by atoms with Gasteiger partial charge in [-0.3, -0.25) is 4.90 Å². The third-order valence-electron chi connectivity index (χ3n) is 3.18. The van der Waals surface area contributed by atoms with Gasteiger partial charge in [0.05, 0.1) is 6.10 Å². The highest BCUT2D eigenvalue weighted by Crippen LogP contribution is 2.23. The van der Waals surface area contributed by atoms with Crippen LogP contribution in [0.4, 0.5) is 0 Å². The van der Waals surface area contributed by atoms with Crippen LogP contribution in [0, 0.1) is 0 Å². The Hall–Kier alpha value is -0.0800. The molecule has 0 aromatic heterocycles. The third kappa shape index (κ3) is 3.25. The first-order valence-electron chi connectivity index (χ1n) is 6.21. The van der Waals surface area contributed by atoms with Crippen molar-refractivity contribution >= 4 is 0 Å². The summed E-state index contributed by atoms with van der Waals surface area (Å²) >= 11 is 0. The molecule has 1 aliphatic rings. The molecule has 2 unspecified atom stereocenters. The van der Waals surface area contributed by atoms with Crippen LogP contribution in [0.2, 0.25) is 0 Å². The van der Waals surface area contributed by atoms with Gasteiger partial charge in [0.25, 0.3) is 0 Å². The molecule has 14 heavy (non-hydrogen) atoms. The van der Waals surface area contributed by atoms with Crippen molar-refractivity contribution in [3.05, 3.63) is 0 Å².